The van der Waals surface area contributed by atoms with Crippen molar-refractivity contribution in [2.75, 3.05) is 24.2 Å². The number of benzene rings is 1. The number of hydrogen-bond acceptors (Lipinski definition) is 5. The molecule has 3 fully saturated rings. The predicted octanol–water partition coefficient (Wildman–Crippen LogP) is 2.52. The second kappa shape index (κ2) is 7.19. The van der Waals surface area contributed by atoms with Gasteiger partial charge in [0.25, 0.3) is 0 Å². The highest BCUT2D eigenvalue weighted by molar-refractivity contribution is 8.01. The first kappa shape index (κ1) is 20.0. The smallest absolute Gasteiger partial charge is 0.248 e. The van der Waals surface area contributed by atoms with Crippen LogP contribution in [0.25, 0.3) is 0 Å². The molecule has 3 heterocycles. The van der Waals surface area contributed by atoms with Gasteiger partial charge in [-0.15, -0.1) is 11.8 Å². The maximum absolute atomic E-state index is 12.9. The molecule has 152 valence electrons. The molecule has 1 aromatic carbocycles. The van der Waals surface area contributed by atoms with Crippen LogP contribution in [-0.4, -0.2) is 59.2 Å². The van der Waals surface area contributed by atoms with E-state index in [9.17, 15) is 18.0 Å². The van der Waals surface area contributed by atoms with Gasteiger partial charge in [-0.3, -0.25) is 9.59 Å². The standard InChI is InChI=1S/C18H22ClN3O4S2/c1-18-7-6-16(23)22(18)14(11-27-18)17(24)20-12-4-5-13(19)15(10-12)28(25,26)21-8-2-3-9-21/h4-5,10,14H,2-3,6-9,11H2,1H3,(H,20,24). The zero-order chi connectivity index (χ0) is 20.1. The zero-order valence-corrected chi connectivity index (χ0v) is 17.9. The summed E-state index contributed by atoms with van der Waals surface area (Å²) in [6.45, 7) is 2.94. The molecular weight excluding hydrogens is 422 g/mol. The Labute approximate surface area is 173 Å². The third kappa shape index (κ3) is 3.32. The maximum atomic E-state index is 12.9. The van der Waals surface area contributed by atoms with Gasteiger partial charge in [-0.2, -0.15) is 4.31 Å². The Morgan fingerprint density at radius 3 is 2.75 bits per heavy atom. The van der Waals surface area contributed by atoms with Gasteiger partial charge in [-0.25, -0.2) is 8.42 Å². The largest absolute Gasteiger partial charge is 0.324 e. The van der Waals surface area contributed by atoms with E-state index in [2.05, 4.69) is 5.32 Å². The second-order valence-corrected chi connectivity index (χ2v) is 11.3. The third-order valence-electron chi connectivity index (χ3n) is 5.63. The van der Waals surface area contributed by atoms with Crippen LogP contribution in [0, 0.1) is 0 Å². The zero-order valence-electron chi connectivity index (χ0n) is 15.5. The monoisotopic (exact) mass is 443 g/mol. The molecule has 2 unspecified atom stereocenters. The van der Waals surface area contributed by atoms with Gasteiger partial charge < -0.3 is 10.2 Å². The van der Waals surface area contributed by atoms with E-state index in [-0.39, 0.29) is 26.6 Å². The van der Waals surface area contributed by atoms with Gasteiger partial charge in [0, 0.05) is 31.0 Å². The third-order valence-corrected chi connectivity index (χ3v) is 9.51. The fourth-order valence-electron chi connectivity index (χ4n) is 4.09. The van der Waals surface area contributed by atoms with Crippen molar-refractivity contribution in [2.24, 2.45) is 0 Å². The Bertz CT molecular complexity index is 933. The quantitative estimate of drug-likeness (QED) is 0.772. The SMILES string of the molecule is CC12CCC(=O)N1C(C(=O)Nc1ccc(Cl)c(S(=O)(=O)N3CCCC3)c1)CS2. The molecule has 2 atom stereocenters. The summed E-state index contributed by atoms with van der Waals surface area (Å²) in [5, 5.41) is 2.91. The number of thioether (sulfide) groups is 1. The van der Waals surface area contributed by atoms with E-state index >= 15 is 0 Å². The molecule has 28 heavy (non-hydrogen) atoms. The molecule has 1 aromatic rings. The Morgan fingerprint density at radius 1 is 1.32 bits per heavy atom. The van der Waals surface area contributed by atoms with E-state index in [4.69, 9.17) is 11.6 Å². The molecule has 0 spiro atoms. The highest BCUT2D eigenvalue weighted by Crippen LogP contribution is 2.47. The van der Waals surface area contributed by atoms with Crippen LogP contribution in [-0.2, 0) is 19.6 Å². The fourth-order valence-corrected chi connectivity index (χ4v) is 7.54. The van der Waals surface area contributed by atoms with Crippen molar-refractivity contribution in [3.8, 4) is 0 Å². The Morgan fingerprint density at radius 2 is 2.04 bits per heavy atom. The number of amides is 2. The van der Waals surface area contributed by atoms with Crippen LogP contribution in [0.2, 0.25) is 5.02 Å². The van der Waals surface area contributed by atoms with E-state index in [1.807, 2.05) is 6.92 Å². The summed E-state index contributed by atoms with van der Waals surface area (Å²) in [4.78, 5) is 26.4. The van der Waals surface area contributed by atoms with Crippen molar-refractivity contribution in [3.63, 3.8) is 0 Å². The highest BCUT2D eigenvalue weighted by atomic mass is 35.5. The number of anilines is 1. The van der Waals surface area contributed by atoms with Crippen LogP contribution in [0.15, 0.2) is 23.1 Å². The number of rotatable bonds is 4. The Kier molecular flexibility index (Phi) is 5.14. The molecule has 0 saturated carbocycles. The minimum Gasteiger partial charge on any atom is -0.324 e. The summed E-state index contributed by atoms with van der Waals surface area (Å²) in [5.74, 6) is 0.208. The fraction of sp³-hybridized carbons (Fsp3) is 0.556. The number of nitrogens with zero attached hydrogens (tertiary/aromatic N) is 2. The molecule has 2 amide bonds. The van der Waals surface area contributed by atoms with Crippen LogP contribution < -0.4 is 5.32 Å². The number of nitrogens with one attached hydrogen (secondary N) is 1. The van der Waals surface area contributed by atoms with Crippen molar-refractivity contribution >= 4 is 50.9 Å². The topological polar surface area (TPSA) is 86.8 Å². The summed E-state index contributed by atoms with van der Waals surface area (Å²) in [6, 6.07) is 3.91. The van der Waals surface area contributed by atoms with Crippen LogP contribution in [0.3, 0.4) is 0 Å². The van der Waals surface area contributed by atoms with Gasteiger partial charge in [-0.1, -0.05) is 11.6 Å². The number of halogens is 1. The molecule has 0 radical (unpaired) electrons. The Hall–Kier alpha value is -1.29. The van der Waals surface area contributed by atoms with Crippen molar-refractivity contribution < 1.29 is 18.0 Å². The lowest BCUT2D eigenvalue weighted by Crippen LogP contribution is -2.48. The molecule has 4 rings (SSSR count). The average molecular weight is 444 g/mol. The molecule has 0 aromatic heterocycles. The first-order valence-corrected chi connectivity index (χ1v) is 12.1. The van der Waals surface area contributed by atoms with Crippen molar-refractivity contribution in [1.82, 2.24) is 9.21 Å². The number of sulfonamides is 1. The molecule has 3 aliphatic rings. The van der Waals surface area contributed by atoms with Crippen molar-refractivity contribution in [3.05, 3.63) is 23.2 Å². The maximum Gasteiger partial charge on any atom is 0.248 e. The second-order valence-electron chi connectivity index (χ2n) is 7.51. The molecule has 0 bridgehead atoms. The van der Waals surface area contributed by atoms with Crippen LogP contribution in [0.5, 0.6) is 0 Å². The van der Waals surface area contributed by atoms with E-state index < -0.39 is 16.1 Å². The molecule has 1 N–H and O–H groups in total. The van der Waals surface area contributed by atoms with Crippen molar-refractivity contribution in [2.45, 2.75) is 48.4 Å². The summed E-state index contributed by atoms with van der Waals surface area (Å²) < 4.78 is 27.1. The molecule has 7 nitrogen and oxygen atoms in total. The first-order chi connectivity index (χ1) is 13.2. The number of carbonyl (C=O) groups excluding carboxylic acids is 2. The van der Waals surface area contributed by atoms with E-state index in [1.165, 1.54) is 16.4 Å². The average Bonchev–Trinajstić information content (AvgIpc) is 3.35. The van der Waals surface area contributed by atoms with E-state index in [0.717, 1.165) is 19.3 Å². The number of carbonyl (C=O) groups is 2. The number of fused-ring (bicyclic) bond motifs is 1. The van der Waals surface area contributed by atoms with E-state index in [1.54, 1.807) is 22.7 Å². The van der Waals surface area contributed by atoms with Crippen molar-refractivity contribution in [1.29, 1.82) is 0 Å². The Balaban J connectivity index is 1.56. The van der Waals surface area contributed by atoms with Crippen LogP contribution in [0.4, 0.5) is 5.69 Å². The lowest BCUT2D eigenvalue weighted by molar-refractivity contribution is -0.135. The molecular formula is C18H22ClN3O4S2. The normalized spacial score (nSPS) is 28.0. The van der Waals surface area contributed by atoms with Gasteiger partial charge in [0.15, 0.2) is 0 Å². The minimum absolute atomic E-state index is 0.00301. The molecule has 0 aliphatic carbocycles. The van der Waals surface area contributed by atoms with Gasteiger partial charge in [0.1, 0.15) is 10.9 Å². The lowest BCUT2D eigenvalue weighted by Gasteiger charge is -2.29. The van der Waals surface area contributed by atoms with E-state index in [0.29, 0.717) is 31.0 Å². The lowest BCUT2D eigenvalue weighted by atomic mass is 10.2. The highest BCUT2D eigenvalue weighted by Gasteiger charge is 2.52. The summed E-state index contributed by atoms with van der Waals surface area (Å²) in [7, 11) is -3.70. The predicted molar refractivity (Wildman–Crippen MR) is 109 cm³/mol. The van der Waals surface area contributed by atoms with Crippen LogP contribution >= 0.6 is 23.4 Å². The van der Waals surface area contributed by atoms with Gasteiger partial charge in [-0.05, 0) is 44.4 Å². The van der Waals surface area contributed by atoms with Crippen LogP contribution in [0.1, 0.15) is 32.6 Å². The summed E-state index contributed by atoms with van der Waals surface area (Å²) in [5.41, 5.74) is 0.359. The summed E-state index contributed by atoms with van der Waals surface area (Å²) in [6.07, 6.45) is 2.84. The van der Waals surface area contributed by atoms with Gasteiger partial charge >= 0.3 is 0 Å². The first-order valence-electron chi connectivity index (χ1n) is 9.29. The number of hydrogen-bond donors (Lipinski definition) is 1. The van der Waals surface area contributed by atoms with Gasteiger partial charge in [0.05, 0.1) is 9.89 Å². The minimum atomic E-state index is -3.70. The van der Waals surface area contributed by atoms with Gasteiger partial charge in [0.2, 0.25) is 21.8 Å². The summed E-state index contributed by atoms with van der Waals surface area (Å²) >= 11 is 7.77. The molecule has 3 aliphatic heterocycles. The molecule has 10 heteroatoms. The molecule has 3 saturated heterocycles.